The van der Waals surface area contributed by atoms with Crippen molar-refractivity contribution in [2.75, 3.05) is 18.5 Å². The summed E-state index contributed by atoms with van der Waals surface area (Å²) in [5, 5.41) is 2.98. The van der Waals surface area contributed by atoms with Gasteiger partial charge in [-0.25, -0.2) is 13.8 Å². The van der Waals surface area contributed by atoms with Crippen molar-refractivity contribution < 1.29 is 22.5 Å². The lowest BCUT2D eigenvalue weighted by molar-refractivity contribution is 0.242. The van der Waals surface area contributed by atoms with E-state index in [-0.39, 0.29) is 36.2 Å². The van der Waals surface area contributed by atoms with Gasteiger partial charge in [0.25, 0.3) is 0 Å². The Morgan fingerprint density at radius 1 is 1.07 bits per heavy atom. The second-order valence-electron chi connectivity index (χ2n) is 6.55. The molecule has 0 spiro atoms. The van der Waals surface area contributed by atoms with Crippen LogP contribution in [-0.2, 0) is 20.6 Å². The largest absolute Gasteiger partial charge is 0.493 e. The van der Waals surface area contributed by atoms with Crippen LogP contribution in [0.1, 0.15) is 12.0 Å². The Balaban J connectivity index is 1.80. The van der Waals surface area contributed by atoms with Gasteiger partial charge < -0.3 is 23.8 Å². The van der Waals surface area contributed by atoms with Crippen molar-refractivity contribution in [2.24, 2.45) is 0 Å². The molecule has 0 saturated heterocycles. The van der Waals surface area contributed by atoms with Gasteiger partial charge in [-0.05, 0) is 24.3 Å². The molecule has 10 heteroatoms. The van der Waals surface area contributed by atoms with E-state index in [2.05, 4.69) is 15.3 Å². The van der Waals surface area contributed by atoms with Gasteiger partial charge in [-0.15, -0.1) is 0 Å². The van der Waals surface area contributed by atoms with E-state index in [1.807, 2.05) is 0 Å². The van der Waals surface area contributed by atoms with E-state index < -0.39 is 22.2 Å². The Labute approximate surface area is 173 Å². The predicted octanol–water partition coefficient (Wildman–Crippen LogP) is 4.55. The van der Waals surface area contributed by atoms with Crippen LogP contribution in [0.4, 0.5) is 20.4 Å². The minimum atomic E-state index is -1.79. The van der Waals surface area contributed by atoms with E-state index >= 15 is 0 Å². The second-order valence-corrected chi connectivity index (χ2v) is 7.53. The van der Waals surface area contributed by atoms with Crippen molar-refractivity contribution >= 4 is 22.2 Å². The zero-order valence-electron chi connectivity index (χ0n) is 15.7. The number of benzene rings is 1. The highest BCUT2D eigenvalue weighted by Crippen LogP contribution is 2.34. The maximum Gasteiger partial charge on any atom is 0.215 e. The van der Waals surface area contributed by atoms with Gasteiger partial charge in [0.15, 0.2) is 0 Å². The summed E-state index contributed by atoms with van der Waals surface area (Å²) in [4.78, 5) is 8.38. The van der Waals surface area contributed by atoms with Crippen LogP contribution in [0.2, 0.25) is 0 Å². The van der Waals surface area contributed by atoms with Crippen LogP contribution < -0.4 is 14.8 Å². The average Bonchev–Trinajstić information content (AvgIpc) is 2.68. The third kappa shape index (κ3) is 4.65. The molecule has 1 aliphatic rings. The molecule has 0 fully saturated rings. The molecule has 0 atom stereocenters. The van der Waals surface area contributed by atoms with Crippen molar-refractivity contribution in [2.45, 2.75) is 12.2 Å². The summed E-state index contributed by atoms with van der Waals surface area (Å²) in [6.45, 7) is 0.486. The molecule has 4 bridgehead atoms. The molecule has 0 radical (unpaired) electrons. The molecule has 7 nitrogen and oxygen atoms in total. The molecule has 4 rings (SSSR count). The summed E-state index contributed by atoms with van der Waals surface area (Å²) in [5.74, 6) is 0.0904. The van der Waals surface area contributed by atoms with E-state index in [4.69, 9.17) is 14.3 Å². The highest BCUT2D eigenvalue weighted by Gasteiger charge is 2.15. The molecule has 1 aliphatic heterocycles. The van der Waals surface area contributed by atoms with Gasteiger partial charge in [0.2, 0.25) is 5.88 Å². The summed E-state index contributed by atoms with van der Waals surface area (Å²) in [7, 11) is -1.79. The molecule has 156 valence electrons. The standard InChI is InChI=1S/C20H17F2N4O3S/c21-13-2-3-14-15-9-18(24-10-16(15)22)25-19-6-12(11-30(23)27)7-20(26-19)29-5-1-4-28-17(14)8-13/h2-3,6-10,23H,1,4-5,11H2,(H,24,25,26)/q-1. The highest BCUT2D eigenvalue weighted by molar-refractivity contribution is 7.72. The number of aromatic nitrogens is 2. The van der Waals surface area contributed by atoms with E-state index in [9.17, 15) is 13.0 Å². The van der Waals surface area contributed by atoms with Crippen LogP contribution >= 0.6 is 0 Å². The number of ether oxygens (including phenoxy) is 2. The van der Waals surface area contributed by atoms with Gasteiger partial charge in [-0.3, -0.25) is 0 Å². The number of halogens is 2. The number of fused-ring (bicyclic) bond motifs is 6. The van der Waals surface area contributed by atoms with Gasteiger partial charge in [-0.1, -0.05) is 11.3 Å². The summed E-state index contributed by atoms with van der Waals surface area (Å²) < 4.78 is 58.3. The number of hydrogen-bond acceptors (Lipinski definition) is 8. The number of nitrogens with zero attached hydrogens (tertiary/aromatic N) is 2. The number of pyridine rings is 2. The van der Waals surface area contributed by atoms with Crippen LogP contribution in [0, 0.1) is 16.4 Å². The Kier molecular flexibility index (Phi) is 5.75. The normalized spacial score (nSPS) is 13.4. The molecule has 1 aromatic carbocycles. The fraction of sp³-hybridized carbons (Fsp3) is 0.200. The molecule has 0 amide bonds. The van der Waals surface area contributed by atoms with Gasteiger partial charge >= 0.3 is 0 Å². The molecule has 0 saturated carbocycles. The molecular formula is C20H17F2N4O3S-. The minimum absolute atomic E-state index is 0.0116. The van der Waals surface area contributed by atoms with Gasteiger partial charge in [0, 0.05) is 29.7 Å². The van der Waals surface area contributed by atoms with Crippen molar-refractivity contribution in [1.82, 2.24) is 9.97 Å². The van der Waals surface area contributed by atoms with E-state index in [0.29, 0.717) is 29.2 Å². The average molecular weight is 431 g/mol. The fourth-order valence-corrected chi connectivity index (χ4v) is 3.50. The Morgan fingerprint density at radius 2 is 1.90 bits per heavy atom. The first-order valence-corrected chi connectivity index (χ1v) is 10.4. The van der Waals surface area contributed by atoms with E-state index in [1.54, 1.807) is 12.1 Å². The van der Waals surface area contributed by atoms with Crippen LogP contribution in [0.5, 0.6) is 11.6 Å². The molecule has 2 aromatic heterocycles. The minimum Gasteiger partial charge on any atom is -0.493 e. The molecule has 2 N–H and O–H groups in total. The second kappa shape index (κ2) is 8.62. The zero-order valence-corrected chi connectivity index (χ0v) is 16.5. The van der Waals surface area contributed by atoms with Gasteiger partial charge in [0.1, 0.15) is 29.0 Å². The van der Waals surface area contributed by atoms with Crippen LogP contribution in [0.15, 0.2) is 42.6 Å². The quantitative estimate of drug-likeness (QED) is 0.578. The highest BCUT2D eigenvalue weighted by atomic mass is 32.2. The molecule has 0 unspecified atom stereocenters. The Bertz CT molecular complexity index is 1160. The van der Waals surface area contributed by atoms with Crippen molar-refractivity contribution in [3.8, 4) is 22.8 Å². The van der Waals surface area contributed by atoms with Crippen LogP contribution in [-0.4, -0.2) is 23.2 Å². The first-order chi connectivity index (χ1) is 14.5. The summed E-state index contributed by atoms with van der Waals surface area (Å²) in [6, 6.07) is 8.61. The number of anilines is 2. The predicted molar refractivity (Wildman–Crippen MR) is 107 cm³/mol. The van der Waals surface area contributed by atoms with Gasteiger partial charge in [-0.2, -0.15) is 15.6 Å². The maximum absolute atomic E-state index is 14.5. The lowest BCUT2D eigenvalue weighted by Crippen LogP contribution is -2.08. The molecule has 3 aromatic rings. The lowest BCUT2D eigenvalue weighted by Gasteiger charge is -2.16. The summed E-state index contributed by atoms with van der Waals surface area (Å²) >= 11 is 0. The van der Waals surface area contributed by atoms with Crippen LogP contribution in [0.3, 0.4) is 0 Å². The number of hydrogen-bond donors (Lipinski definition) is 2. The third-order valence-corrected chi connectivity index (χ3v) is 4.90. The first kappa shape index (κ1) is 20.0. The molecule has 3 heterocycles. The number of rotatable bonds is 2. The lowest BCUT2D eigenvalue weighted by atomic mass is 10.0. The smallest absolute Gasteiger partial charge is 0.215 e. The maximum atomic E-state index is 14.5. The monoisotopic (exact) mass is 431 g/mol. The molecule has 30 heavy (non-hydrogen) atoms. The van der Waals surface area contributed by atoms with Gasteiger partial charge in [0.05, 0.1) is 19.4 Å². The summed E-state index contributed by atoms with van der Waals surface area (Å²) in [6.07, 6.45) is 1.52. The third-order valence-electron chi connectivity index (χ3n) is 4.30. The Hall–Kier alpha value is -3.27. The first-order valence-electron chi connectivity index (χ1n) is 9.06. The fourth-order valence-electron chi connectivity index (χ4n) is 3.03. The topological polar surface area (TPSA) is 97.2 Å². The van der Waals surface area contributed by atoms with E-state index in [1.165, 1.54) is 24.3 Å². The zero-order chi connectivity index (χ0) is 21.1. The Morgan fingerprint density at radius 3 is 2.73 bits per heavy atom. The van der Waals surface area contributed by atoms with Crippen molar-refractivity contribution in [1.29, 1.82) is 4.78 Å². The summed E-state index contributed by atoms with van der Waals surface area (Å²) in [5.41, 5.74) is 1.19. The molecular weight excluding hydrogens is 414 g/mol. The van der Waals surface area contributed by atoms with Crippen molar-refractivity contribution in [3.05, 3.63) is 59.8 Å². The molecule has 0 aliphatic carbocycles. The number of nitrogens with one attached hydrogen (secondary N) is 2. The van der Waals surface area contributed by atoms with E-state index in [0.717, 1.165) is 6.20 Å². The SMILES string of the molecule is N=[S-](=O)Cc1cc2nc(c1)OCCCOc1cc(F)ccc1-c1cc(ncc1F)N2. The van der Waals surface area contributed by atoms with Crippen molar-refractivity contribution in [3.63, 3.8) is 0 Å². The van der Waals surface area contributed by atoms with Crippen LogP contribution in [0.25, 0.3) is 11.1 Å².